The first-order valence-corrected chi connectivity index (χ1v) is 8.11. The molecule has 0 bridgehead atoms. The lowest BCUT2D eigenvalue weighted by atomic mass is 10.00. The summed E-state index contributed by atoms with van der Waals surface area (Å²) >= 11 is 7.73. The van der Waals surface area contributed by atoms with E-state index in [-0.39, 0.29) is 0 Å². The van der Waals surface area contributed by atoms with Crippen LogP contribution in [0.4, 0.5) is 0 Å². The van der Waals surface area contributed by atoms with Crippen LogP contribution in [0.3, 0.4) is 0 Å². The Morgan fingerprint density at radius 2 is 2.00 bits per heavy atom. The molecule has 1 heterocycles. The molecule has 2 rings (SSSR count). The summed E-state index contributed by atoms with van der Waals surface area (Å²) in [5.74, 6) is 0. The van der Waals surface area contributed by atoms with E-state index in [1.165, 1.54) is 11.1 Å². The zero-order chi connectivity index (χ0) is 13.5. The maximum absolute atomic E-state index is 5.96. The molecule has 0 radical (unpaired) electrons. The van der Waals surface area contributed by atoms with Crippen LogP contribution in [-0.4, -0.2) is 6.54 Å². The molecule has 0 aliphatic heterocycles. The highest BCUT2D eigenvalue weighted by atomic mass is 35.5. The van der Waals surface area contributed by atoms with Gasteiger partial charge < -0.3 is 5.32 Å². The molecule has 0 saturated carbocycles. The number of rotatable bonds is 7. The van der Waals surface area contributed by atoms with Gasteiger partial charge in [-0.2, -0.15) is 11.3 Å². The van der Waals surface area contributed by atoms with Crippen molar-refractivity contribution in [3.63, 3.8) is 0 Å². The van der Waals surface area contributed by atoms with Gasteiger partial charge in [0.2, 0.25) is 0 Å². The molecule has 1 aromatic heterocycles. The standard InChI is InChI=1S/C16H20ClNS/c1-2-10-18-16(8-3-13-9-11-19-12-13)14-4-6-15(17)7-5-14/h4-7,9,11-12,16,18H,2-3,8,10H2,1H3. The minimum absolute atomic E-state index is 0.414. The van der Waals surface area contributed by atoms with Gasteiger partial charge in [0.15, 0.2) is 0 Å². The topological polar surface area (TPSA) is 12.0 Å². The van der Waals surface area contributed by atoms with E-state index < -0.39 is 0 Å². The number of thiophene rings is 1. The smallest absolute Gasteiger partial charge is 0.0406 e. The molecule has 19 heavy (non-hydrogen) atoms. The van der Waals surface area contributed by atoms with Crippen LogP contribution in [0.1, 0.15) is 36.9 Å². The van der Waals surface area contributed by atoms with Gasteiger partial charge in [0.25, 0.3) is 0 Å². The normalized spacial score (nSPS) is 12.5. The summed E-state index contributed by atoms with van der Waals surface area (Å²) in [6.07, 6.45) is 3.40. The molecule has 1 N–H and O–H groups in total. The van der Waals surface area contributed by atoms with Crippen molar-refractivity contribution in [2.24, 2.45) is 0 Å². The summed E-state index contributed by atoms with van der Waals surface area (Å²) in [6, 6.07) is 10.8. The van der Waals surface area contributed by atoms with E-state index in [1.54, 1.807) is 11.3 Å². The predicted molar refractivity (Wildman–Crippen MR) is 85.1 cm³/mol. The zero-order valence-corrected chi connectivity index (χ0v) is 12.8. The van der Waals surface area contributed by atoms with Gasteiger partial charge in [-0.25, -0.2) is 0 Å². The molecule has 2 aromatic rings. The van der Waals surface area contributed by atoms with Crippen molar-refractivity contribution in [2.75, 3.05) is 6.54 Å². The summed E-state index contributed by atoms with van der Waals surface area (Å²) in [5, 5.41) is 8.81. The highest BCUT2D eigenvalue weighted by Gasteiger charge is 2.10. The molecule has 0 saturated heterocycles. The lowest BCUT2D eigenvalue weighted by molar-refractivity contribution is 0.499. The Hall–Kier alpha value is -0.830. The lowest BCUT2D eigenvalue weighted by Gasteiger charge is -2.19. The summed E-state index contributed by atoms with van der Waals surface area (Å²) < 4.78 is 0. The maximum atomic E-state index is 5.96. The van der Waals surface area contributed by atoms with Gasteiger partial charge in [-0.3, -0.25) is 0 Å². The van der Waals surface area contributed by atoms with E-state index in [0.717, 1.165) is 30.8 Å². The average Bonchev–Trinajstić information content (AvgIpc) is 2.93. The molecule has 0 fully saturated rings. The summed E-state index contributed by atoms with van der Waals surface area (Å²) in [4.78, 5) is 0. The second-order valence-corrected chi connectivity index (χ2v) is 5.95. The van der Waals surface area contributed by atoms with Gasteiger partial charge in [0.1, 0.15) is 0 Å². The first kappa shape index (κ1) is 14.6. The third kappa shape index (κ3) is 4.64. The lowest BCUT2D eigenvalue weighted by Crippen LogP contribution is -2.22. The van der Waals surface area contributed by atoms with Crippen LogP contribution in [0.15, 0.2) is 41.1 Å². The van der Waals surface area contributed by atoms with Gasteiger partial charge >= 0.3 is 0 Å². The van der Waals surface area contributed by atoms with Crippen LogP contribution >= 0.6 is 22.9 Å². The van der Waals surface area contributed by atoms with E-state index in [2.05, 4.69) is 41.2 Å². The van der Waals surface area contributed by atoms with Crippen LogP contribution < -0.4 is 5.32 Å². The van der Waals surface area contributed by atoms with Crippen LogP contribution in [0.2, 0.25) is 5.02 Å². The molecule has 0 amide bonds. The van der Waals surface area contributed by atoms with Crippen molar-refractivity contribution in [1.82, 2.24) is 5.32 Å². The first-order valence-electron chi connectivity index (χ1n) is 6.79. The van der Waals surface area contributed by atoms with Crippen molar-refractivity contribution < 1.29 is 0 Å². The Bertz CT molecular complexity index is 464. The van der Waals surface area contributed by atoms with E-state index in [1.807, 2.05) is 12.1 Å². The third-order valence-electron chi connectivity index (χ3n) is 3.21. The van der Waals surface area contributed by atoms with Crippen LogP contribution in [0, 0.1) is 0 Å². The fraction of sp³-hybridized carbons (Fsp3) is 0.375. The fourth-order valence-corrected chi connectivity index (χ4v) is 2.98. The highest BCUT2D eigenvalue weighted by molar-refractivity contribution is 7.07. The number of aryl methyl sites for hydroxylation is 1. The van der Waals surface area contributed by atoms with E-state index in [9.17, 15) is 0 Å². The Balaban J connectivity index is 2.00. The molecule has 1 unspecified atom stereocenters. The van der Waals surface area contributed by atoms with Gasteiger partial charge in [-0.1, -0.05) is 30.7 Å². The molecule has 1 atom stereocenters. The minimum atomic E-state index is 0.414. The molecular formula is C16H20ClNS. The van der Waals surface area contributed by atoms with Crippen LogP contribution in [0.5, 0.6) is 0 Å². The maximum Gasteiger partial charge on any atom is 0.0406 e. The van der Waals surface area contributed by atoms with Crippen LogP contribution in [0.25, 0.3) is 0 Å². The molecule has 102 valence electrons. The van der Waals surface area contributed by atoms with Gasteiger partial charge in [0, 0.05) is 11.1 Å². The van der Waals surface area contributed by atoms with Crippen molar-refractivity contribution >= 4 is 22.9 Å². The summed E-state index contributed by atoms with van der Waals surface area (Å²) in [7, 11) is 0. The number of nitrogens with one attached hydrogen (secondary N) is 1. The van der Waals surface area contributed by atoms with Gasteiger partial charge in [-0.05, 0) is 65.9 Å². The Kier molecular flexibility index (Phi) is 5.90. The number of hydrogen-bond donors (Lipinski definition) is 1. The second-order valence-electron chi connectivity index (χ2n) is 4.73. The number of halogens is 1. The highest BCUT2D eigenvalue weighted by Crippen LogP contribution is 2.22. The Morgan fingerprint density at radius 3 is 2.63 bits per heavy atom. The molecule has 3 heteroatoms. The van der Waals surface area contributed by atoms with Crippen molar-refractivity contribution in [1.29, 1.82) is 0 Å². The van der Waals surface area contributed by atoms with Crippen LogP contribution in [-0.2, 0) is 6.42 Å². The first-order chi connectivity index (χ1) is 9.29. The van der Waals surface area contributed by atoms with E-state index in [0.29, 0.717) is 6.04 Å². The monoisotopic (exact) mass is 293 g/mol. The molecule has 1 nitrogen and oxygen atoms in total. The van der Waals surface area contributed by atoms with Gasteiger partial charge in [-0.15, -0.1) is 0 Å². The number of benzene rings is 1. The van der Waals surface area contributed by atoms with Crippen molar-refractivity contribution in [3.8, 4) is 0 Å². The second kappa shape index (κ2) is 7.68. The SMILES string of the molecule is CCCNC(CCc1ccsc1)c1ccc(Cl)cc1. The Morgan fingerprint density at radius 1 is 1.21 bits per heavy atom. The van der Waals surface area contributed by atoms with E-state index >= 15 is 0 Å². The molecule has 0 aliphatic carbocycles. The van der Waals surface area contributed by atoms with Crippen molar-refractivity contribution in [3.05, 3.63) is 57.2 Å². The summed E-state index contributed by atoms with van der Waals surface area (Å²) in [5.41, 5.74) is 2.76. The Labute approximate surface area is 124 Å². The molecule has 0 spiro atoms. The molecule has 0 aliphatic rings. The number of hydrogen-bond acceptors (Lipinski definition) is 2. The van der Waals surface area contributed by atoms with Crippen molar-refractivity contribution in [2.45, 2.75) is 32.2 Å². The van der Waals surface area contributed by atoms with E-state index in [4.69, 9.17) is 11.6 Å². The van der Waals surface area contributed by atoms with Gasteiger partial charge in [0.05, 0.1) is 0 Å². The summed E-state index contributed by atoms with van der Waals surface area (Å²) in [6.45, 7) is 3.25. The largest absolute Gasteiger partial charge is 0.310 e. The average molecular weight is 294 g/mol. The third-order valence-corrected chi connectivity index (χ3v) is 4.20. The quantitative estimate of drug-likeness (QED) is 0.751. The minimum Gasteiger partial charge on any atom is -0.310 e. The molecular weight excluding hydrogens is 274 g/mol. The molecule has 1 aromatic carbocycles. The predicted octanol–water partition coefficient (Wildman–Crippen LogP) is 5.08. The zero-order valence-electron chi connectivity index (χ0n) is 11.2. The fourth-order valence-electron chi connectivity index (χ4n) is 2.15.